The topological polar surface area (TPSA) is 70.1 Å². The van der Waals surface area contributed by atoms with Crippen LogP contribution in [0.2, 0.25) is 0 Å². The fourth-order valence-electron chi connectivity index (χ4n) is 4.86. The van der Waals surface area contributed by atoms with Gasteiger partial charge in [0.15, 0.2) is 0 Å². The van der Waals surface area contributed by atoms with Crippen LogP contribution in [0.3, 0.4) is 0 Å². The lowest BCUT2D eigenvalue weighted by Gasteiger charge is -2.38. The molecule has 3 rings (SSSR count). The van der Waals surface area contributed by atoms with Crippen molar-refractivity contribution in [3.05, 3.63) is 102 Å². The Morgan fingerprint density at radius 2 is 1.57 bits per heavy atom. The van der Waals surface area contributed by atoms with Gasteiger partial charge in [-0.3, -0.25) is 4.90 Å². The number of anilines is 1. The van der Waals surface area contributed by atoms with Gasteiger partial charge in [-0.1, -0.05) is 55.1 Å². The molecular weight excluding hydrogens is 565 g/mol. The van der Waals surface area contributed by atoms with Gasteiger partial charge in [0.1, 0.15) is 5.75 Å². The molecular formula is C32H39F3N2O4S. The van der Waals surface area contributed by atoms with Gasteiger partial charge >= 0.3 is 15.6 Å². The van der Waals surface area contributed by atoms with Crippen molar-refractivity contribution < 1.29 is 30.9 Å². The molecule has 228 valence electrons. The SMILES string of the molecule is C=C\C=C/C=C(C)/C(CCCO)=C(/c1ccc(OS(=O)(=O)C(F)(F)F)cc1)c1ccc(N2CCN(C(C)C)CC2)cc1. The molecule has 42 heavy (non-hydrogen) atoms. The standard InChI is InChI=1S/C32H39F3N2O4S/c1-5-6-7-9-25(4)30(10-8-23-38)31(27-13-17-29(18-14-27)41-42(39,40)32(33,34)35)26-11-15-28(16-12-26)37-21-19-36(20-22-37)24(2)3/h5-7,9,11-18,24,38H,1,8,10,19-23H2,2-4H3/b7-6-,25-9+,31-30+. The summed E-state index contributed by atoms with van der Waals surface area (Å²) in [5.41, 5.74) is -0.189. The monoisotopic (exact) mass is 604 g/mol. The van der Waals surface area contributed by atoms with Crippen LogP contribution in [-0.2, 0) is 10.1 Å². The highest BCUT2D eigenvalue weighted by molar-refractivity contribution is 7.88. The molecule has 10 heteroatoms. The van der Waals surface area contributed by atoms with Crippen LogP contribution in [0.4, 0.5) is 18.9 Å². The Hall–Kier alpha value is -3.34. The van der Waals surface area contributed by atoms with E-state index in [0.29, 0.717) is 24.4 Å². The van der Waals surface area contributed by atoms with Crippen molar-refractivity contribution in [3.8, 4) is 5.75 Å². The van der Waals surface area contributed by atoms with Gasteiger partial charge in [0, 0.05) is 44.5 Å². The maximum Gasteiger partial charge on any atom is 0.534 e. The molecule has 1 fully saturated rings. The fraction of sp³-hybridized carbons (Fsp3) is 0.375. The number of aliphatic hydroxyl groups excluding tert-OH is 1. The summed E-state index contributed by atoms with van der Waals surface area (Å²) in [6, 6.07) is 14.2. The third-order valence-corrected chi connectivity index (χ3v) is 8.13. The summed E-state index contributed by atoms with van der Waals surface area (Å²) in [6.07, 6.45) is 8.29. The van der Waals surface area contributed by atoms with E-state index in [4.69, 9.17) is 0 Å². The van der Waals surface area contributed by atoms with E-state index in [1.165, 1.54) is 12.1 Å². The molecule has 1 aliphatic heterocycles. The van der Waals surface area contributed by atoms with Crippen molar-refractivity contribution in [2.75, 3.05) is 37.7 Å². The van der Waals surface area contributed by atoms with Crippen molar-refractivity contribution in [1.29, 1.82) is 0 Å². The summed E-state index contributed by atoms with van der Waals surface area (Å²) in [5.74, 6) is -0.440. The number of alkyl halides is 3. The van der Waals surface area contributed by atoms with E-state index < -0.39 is 21.4 Å². The molecule has 2 aromatic carbocycles. The van der Waals surface area contributed by atoms with E-state index in [-0.39, 0.29) is 6.61 Å². The number of rotatable bonds is 12. The molecule has 0 bridgehead atoms. The Morgan fingerprint density at radius 1 is 1.00 bits per heavy atom. The molecule has 0 saturated carbocycles. The zero-order valence-corrected chi connectivity index (χ0v) is 25.1. The summed E-state index contributed by atoms with van der Waals surface area (Å²) in [7, 11) is -5.79. The molecule has 1 saturated heterocycles. The first kappa shape index (κ1) is 33.2. The molecule has 1 aliphatic rings. The Morgan fingerprint density at radius 3 is 2.07 bits per heavy atom. The van der Waals surface area contributed by atoms with Gasteiger partial charge in [0.05, 0.1) is 0 Å². The average molecular weight is 605 g/mol. The number of hydrogen-bond donors (Lipinski definition) is 1. The van der Waals surface area contributed by atoms with Crippen molar-refractivity contribution in [2.45, 2.75) is 45.2 Å². The van der Waals surface area contributed by atoms with E-state index in [2.05, 4.69) is 46.5 Å². The van der Waals surface area contributed by atoms with Crippen LogP contribution in [-0.4, -0.2) is 62.8 Å². The van der Waals surface area contributed by atoms with Crippen molar-refractivity contribution >= 4 is 21.4 Å². The van der Waals surface area contributed by atoms with Crippen LogP contribution in [0.5, 0.6) is 5.75 Å². The highest BCUT2D eigenvalue weighted by Gasteiger charge is 2.48. The second-order valence-electron chi connectivity index (χ2n) is 10.3. The zero-order chi connectivity index (χ0) is 30.9. The number of benzene rings is 2. The zero-order valence-electron chi connectivity index (χ0n) is 24.3. The van der Waals surface area contributed by atoms with Gasteiger partial charge < -0.3 is 14.2 Å². The van der Waals surface area contributed by atoms with E-state index >= 15 is 0 Å². The van der Waals surface area contributed by atoms with Crippen LogP contribution in [0, 0.1) is 0 Å². The Kier molecular flexibility index (Phi) is 11.6. The lowest BCUT2D eigenvalue weighted by Crippen LogP contribution is -2.48. The molecule has 0 aliphatic carbocycles. The third kappa shape index (κ3) is 8.59. The van der Waals surface area contributed by atoms with Crippen LogP contribution >= 0.6 is 0 Å². The molecule has 1 N–H and O–H groups in total. The molecule has 0 aromatic heterocycles. The molecule has 0 unspecified atom stereocenters. The second kappa shape index (κ2) is 14.7. The first-order valence-corrected chi connectivity index (χ1v) is 15.3. The lowest BCUT2D eigenvalue weighted by atomic mass is 9.87. The number of nitrogens with zero attached hydrogens (tertiary/aromatic N) is 2. The summed E-state index contributed by atoms with van der Waals surface area (Å²) in [5, 5.41) is 9.63. The molecule has 0 amide bonds. The molecule has 2 aromatic rings. The van der Waals surface area contributed by atoms with Gasteiger partial charge in [-0.05, 0) is 85.7 Å². The molecule has 0 spiro atoms. The quantitative estimate of drug-likeness (QED) is 0.165. The maximum atomic E-state index is 12.8. The molecule has 6 nitrogen and oxygen atoms in total. The van der Waals surface area contributed by atoms with Crippen LogP contribution in [0.25, 0.3) is 5.57 Å². The Labute approximate surface area is 247 Å². The van der Waals surface area contributed by atoms with Crippen LogP contribution in [0.1, 0.15) is 44.7 Å². The van der Waals surface area contributed by atoms with E-state index in [1.54, 1.807) is 24.3 Å². The highest BCUT2D eigenvalue weighted by Crippen LogP contribution is 2.36. The summed E-state index contributed by atoms with van der Waals surface area (Å²) in [4.78, 5) is 4.79. The van der Waals surface area contributed by atoms with E-state index in [9.17, 15) is 26.7 Å². The van der Waals surface area contributed by atoms with E-state index in [1.807, 2.05) is 31.2 Å². The first-order valence-electron chi connectivity index (χ1n) is 13.9. The Bertz CT molecular complexity index is 1390. The third-order valence-electron chi connectivity index (χ3n) is 7.15. The Balaban J connectivity index is 2.06. The smallest absolute Gasteiger partial charge is 0.396 e. The number of hydrogen-bond acceptors (Lipinski definition) is 6. The second-order valence-corrected chi connectivity index (χ2v) is 11.9. The minimum Gasteiger partial charge on any atom is -0.396 e. The summed E-state index contributed by atoms with van der Waals surface area (Å²) < 4.78 is 65.9. The van der Waals surface area contributed by atoms with Crippen molar-refractivity contribution in [2.24, 2.45) is 0 Å². The van der Waals surface area contributed by atoms with Crippen molar-refractivity contribution in [3.63, 3.8) is 0 Å². The first-order chi connectivity index (χ1) is 19.9. The van der Waals surface area contributed by atoms with Crippen LogP contribution in [0.15, 0.2) is 90.6 Å². The molecule has 0 radical (unpaired) electrons. The normalized spacial score (nSPS) is 16.2. The van der Waals surface area contributed by atoms with Gasteiger partial charge in [0.2, 0.25) is 0 Å². The van der Waals surface area contributed by atoms with E-state index in [0.717, 1.165) is 54.1 Å². The summed E-state index contributed by atoms with van der Waals surface area (Å²) in [6.45, 7) is 13.8. The number of halogens is 3. The van der Waals surface area contributed by atoms with Crippen LogP contribution < -0.4 is 9.08 Å². The maximum absolute atomic E-state index is 12.8. The molecule has 1 heterocycles. The van der Waals surface area contributed by atoms with Crippen molar-refractivity contribution in [1.82, 2.24) is 4.90 Å². The minimum absolute atomic E-state index is 0.0179. The molecule has 0 atom stereocenters. The number of aliphatic hydroxyl groups is 1. The van der Waals surface area contributed by atoms with Gasteiger partial charge in [-0.15, -0.1) is 0 Å². The predicted octanol–water partition coefficient (Wildman–Crippen LogP) is 6.71. The number of piperazine rings is 1. The minimum atomic E-state index is -5.79. The average Bonchev–Trinajstić information content (AvgIpc) is 2.95. The fourth-order valence-corrected chi connectivity index (χ4v) is 5.31. The highest BCUT2D eigenvalue weighted by atomic mass is 32.2. The van der Waals surface area contributed by atoms with Gasteiger partial charge in [0.25, 0.3) is 0 Å². The van der Waals surface area contributed by atoms with Gasteiger partial charge in [-0.25, -0.2) is 0 Å². The van der Waals surface area contributed by atoms with Gasteiger partial charge in [-0.2, -0.15) is 21.6 Å². The number of allylic oxidation sites excluding steroid dienone is 6. The largest absolute Gasteiger partial charge is 0.534 e. The predicted molar refractivity (Wildman–Crippen MR) is 163 cm³/mol. The lowest BCUT2D eigenvalue weighted by molar-refractivity contribution is -0.0500. The summed E-state index contributed by atoms with van der Waals surface area (Å²) >= 11 is 0.